The second-order valence-corrected chi connectivity index (χ2v) is 1.40. The van der Waals surface area contributed by atoms with Crippen molar-refractivity contribution < 1.29 is 13.8 Å². The van der Waals surface area contributed by atoms with Crippen molar-refractivity contribution in [3.8, 4) is 0 Å². The molecule has 0 saturated carbocycles. The lowest BCUT2D eigenvalue weighted by Crippen LogP contribution is -1.90. The molecular weight excluding hydrogens is 115 g/mol. The summed E-state index contributed by atoms with van der Waals surface area (Å²) < 4.78 is 18.6. The van der Waals surface area contributed by atoms with Crippen molar-refractivity contribution in [1.82, 2.24) is 0 Å². The van der Waals surface area contributed by atoms with Crippen molar-refractivity contribution in [1.29, 1.82) is 0 Å². The van der Waals surface area contributed by atoms with Crippen LogP contribution in [-0.4, -0.2) is 13.4 Å². The van der Waals surface area contributed by atoms with E-state index < -0.39 is 8.69 Å². The Bertz CT molecular complexity index is 47.4. The topological polar surface area (TPSA) is 35.5 Å². The van der Waals surface area contributed by atoms with Gasteiger partial charge in [0.25, 0.3) is 0 Å². The average molecular weight is 124 g/mol. The molecule has 0 spiro atoms. The number of ether oxygens (including phenoxy) is 1. The predicted octanol–water partition coefficient (Wildman–Crippen LogP) is 0.668. The molecule has 3 nitrogen and oxygen atoms in total. The minimum Gasteiger partial charge on any atom is -0.355 e. The van der Waals surface area contributed by atoms with Crippen molar-refractivity contribution in [2.45, 2.75) is 6.92 Å². The summed E-state index contributed by atoms with van der Waals surface area (Å²) in [6.07, 6.45) is 0. The molecular formula is C3H9O3P. The van der Waals surface area contributed by atoms with Gasteiger partial charge in [0.05, 0.1) is 0 Å². The first-order valence-corrected chi connectivity index (χ1v) is 2.99. The van der Waals surface area contributed by atoms with Gasteiger partial charge in [0.15, 0.2) is 15.5 Å². The molecule has 0 aliphatic rings. The van der Waals surface area contributed by atoms with E-state index in [4.69, 9.17) is 0 Å². The summed E-state index contributed by atoms with van der Waals surface area (Å²) in [5.41, 5.74) is 0. The first-order chi connectivity index (χ1) is 3.41. The lowest BCUT2D eigenvalue weighted by molar-refractivity contribution is 0.0306. The largest absolute Gasteiger partial charge is 0.355 e. The molecule has 44 valence electrons. The number of rotatable bonds is 4. The molecule has 0 N–H and O–H groups in total. The van der Waals surface area contributed by atoms with Gasteiger partial charge in [-0.2, -0.15) is 0 Å². The van der Waals surface area contributed by atoms with Gasteiger partial charge in [-0.1, -0.05) is 0 Å². The van der Waals surface area contributed by atoms with E-state index in [-0.39, 0.29) is 6.79 Å². The SMILES string of the molecule is CCOCO[PH2]=O. The van der Waals surface area contributed by atoms with Gasteiger partial charge in [0.2, 0.25) is 0 Å². The van der Waals surface area contributed by atoms with Gasteiger partial charge >= 0.3 is 0 Å². The molecule has 4 heteroatoms. The predicted molar refractivity (Wildman–Crippen MR) is 28.0 cm³/mol. The Morgan fingerprint density at radius 1 is 1.71 bits per heavy atom. The monoisotopic (exact) mass is 124 g/mol. The van der Waals surface area contributed by atoms with Crippen molar-refractivity contribution in [3.05, 3.63) is 0 Å². The Labute approximate surface area is 43.9 Å². The van der Waals surface area contributed by atoms with E-state index in [1.54, 1.807) is 0 Å². The van der Waals surface area contributed by atoms with E-state index in [0.717, 1.165) is 0 Å². The molecule has 0 aromatic carbocycles. The van der Waals surface area contributed by atoms with Crippen molar-refractivity contribution in [2.75, 3.05) is 13.4 Å². The molecule has 0 aliphatic carbocycles. The van der Waals surface area contributed by atoms with Gasteiger partial charge in [0, 0.05) is 6.61 Å². The molecule has 0 aromatic heterocycles. The van der Waals surface area contributed by atoms with Crippen LogP contribution in [0.1, 0.15) is 6.92 Å². The Morgan fingerprint density at radius 3 is 2.86 bits per heavy atom. The molecule has 0 bridgehead atoms. The summed E-state index contributed by atoms with van der Waals surface area (Å²) in [6, 6.07) is 0. The van der Waals surface area contributed by atoms with Crippen LogP contribution in [-0.2, 0) is 13.8 Å². The normalized spacial score (nSPS) is 11.0. The van der Waals surface area contributed by atoms with Gasteiger partial charge in [-0.25, -0.2) is 0 Å². The van der Waals surface area contributed by atoms with Gasteiger partial charge in [-0.05, 0) is 6.92 Å². The Morgan fingerprint density at radius 2 is 2.43 bits per heavy atom. The molecule has 0 heterocycles. The smallest absolute Gasteiger partial charge is 0.182 e. The maximum Gasteiger partial charge on any atom is 0.182 e. The maximum atomic E-state index is 9.59. The van der Waals surface area contributed by atoms with Crippen LogP contribution in [0.5, 0.6) is 0 Å². The molecule has 7 heavy (non-hydrogen) atoms. The fraction of sp³-hybridized carbons (Fsp3) is 1.00. The minimum atomic E-state index is -1.09. The molecule has 1 atom stereocenters. The summed E-state index contributed by atoms with van der Waals surface area (Å²) in [5.74, 6) is 0. The van der Waals surface area contributed by atoms with E-state index in [9.17, 15) is 4.57 Å². The van der Waals surface area contributed by atoms with Gasteiger partial charge in [0.1, 0.15) is 0 Å². The van der Waals surface area contributed by atoms with Crippen molar-refractivity contribution >= 4 is 8.69 Å². The second kappa shape index (κ2) is 6.15. The molecule has 0 amide bonds. The van der Waals surface area contributed by atoms with E-state index in [1.165, 1.54) is 0 Å². The molecule has 1 unspecified atom stereocenters. The first-order valence-electron chi connectivity index (χ1n) is 2.04. The fourth-order valence-corrected chi connectivity index (χ4v) is 0.311. The van der Waals surface area contributed by atoms with Crippen LogP contribution in [0, 0.1) is 0 Å². The van der Waals surface area contributed by atoms with Gasteiger partial charge in [-0.3, -0.25) is 4.57 Å². The third kappa shape index (κ3) is 6.15. The zero-order valence-corrected chi connectivity index (χ0v) is 5.37. The molecule has 0 saturated heterocycles. The lowest BCUT2D eigenvalue weighted by atomic mass is 10.9. The zero-order valence-electron chi connectivity index (χ0n) is 4.22. The molecule has 0 aliphatic heterocycles. The second-order valence-electron chi connectivity index (χ2n) is 0.874. The van der Waals surface area contributed by atoms with Crippen LogP contribution in [0.15, 0.2) is 0 Å². The van der Waals surface area contributed by atoms with E-state index in [0.29, 0.717) is 6.61 Å². The maximum absolute atomic E-state index is 9.59. The molecule has 0 fully saturated rings. The summed E-state index contributed by atoms with van der Waals surface area (Å²) in [6.45, 7) is 2.62. The van der Waals surface area contributed by atoms with Crippen LogP contribution >= 0.6 is 8.69 Å². The highest BCUT2D eigenvalue weighted by atomic mass is 31.1. The van der Waals surface area contributed by atoms with Crippen LogP contribution in [0.3, 0.4) is 0 Å². The van der Waals surface area contributed by atoms with E-state index >= 15 is 0 Å². The Kier molecular flexibility index (Phi) is 6.28. The van der Waals surface area contributed by atoms with Gasteiger partial charge < -0.3 is 9.26 Å². The lowest BCUT2D eigenvalue weighted by Gasteiger charge is -1.93. The highest BCUT2D eigenvalue weighted by Gasteiger charge is 1.75. The Hall–Kier alpha value is 0.150. The molecule has 0 rings (SSSR count). The van der Waals surface area contributed by atoms with Crippen molar-refractivity contribution in [2.24, 2.45) is 0 Å². The summed E-state index contributed by atoms with van der Waals surface area (Å²) >= 11 is 0. The summed E-state index contributed by atoms with van der Waals surface area (Å²) in [4.78, 5) is 0. The average Bonchev–Trinajstić information content (AvgIpc) is 1.69. The summed E-state index contributed by atoms with van der Waals surface area (Å²) in [5, 5.41) is 0. The third-order valence-corrected chi connectivity index (χ3v) is 0.696. The number of hydrogen-bond acceptors (Lipinski definition) is 3. The van der Waals surface area contributed by atoms with Crippen molar-refractivity contribution in [3.63, 3.8) is 0 Å². The highest BCUT2D eigenvalue weighted by molar-refractivity contribution is 7.17. The fourth-order valence-electron chi connectivity index (χ4n) is 0.159. The van der Waals surface area contributed by atoms with Crippen LogP contribution in [0.4, 0.5) is 0 Å². The Balaban J connectivity index is 2.56. The van der Waals surface area contributed by atoms with Crippen LogP contribution in [0.25, 0.3) is 0 Å². The standard InChI is InChI=1S/C3H9O3P/c1-2-5-3-6-7-4/h2-3,7H2,1H3. The van der Waals surface area contributed by atoms with E-state index in [1.807, 2.05) is 6.92 Å². The van der Waals surface area contributed by atoms with Crippen LogP contribution in [0.2, 0.25) is 0 Å². The first kappa shape index (κ1) is 7.15. The van der Waals surface area contributed by atoms with Gasteiger partial charge in [-0.15, -0.1) is 0 Å². The quantitative estimate of drug-likeness (QED) is 0.314. The number of hydrogen-bond donors (Lipinski definition) is 0. The minimum absolute atomic E-state index is 0.162. The zero-order chi connectivity index (χ0) is 5.54. The third-order valence-electron chi connectivity index (χ3n) is 0.424. The summed E-state index contributed by atoms with van der Waals surface area (Å²) in [7, 11) is -1.09. The molecule has 0 radical (unpaired) electrons. The highest BCUT2D eigenvalue weighted by Crippen LogP contribution is 1.91. The van der Waals surface area contributed by atoms with Crippen LogP contribution < -0.4 is 0 Å². The van der Waals surface area contributed by atoms with E-state index in [2.05, 4.69) is 9.26 Å². The molecule has 0 aromatic rings.